The molecule has 2 amide bonds. The number of piperidine rings is 1. The maximum atomic E-state index is 13.2. The van der Waals surface area contributed by atoms with Crippen LogP contribution in [0.15, 0.2) is 40.5 Å². The monoisotopic (exact) mass is 586 g/mol. The highest BCUT2D eigenvalue weighted by Gasteiger charge is 2.49. The molecule has 3 aliphatic heterocycles. The van der Waals surface area contributed by atoms with Gasteiger partial charge in [-0.2, -0.15) is 0 Å². The van der Waals surface area contributed by atoms with Crippen molar-refractivity contribution in [1.82, 2.24) is 24.8 Å². The molecule has 1 spiro atoms. The van der Waals surface area contributed by atoms with Crippen LogP contribution in [0, 0.1) is 12.3 Å². The van der Waals surface area contributed by atoms with E-state index in [0.29, 0.717) is 41.5 Å². The molecule has 0 radical (unpaired) electrons. The Hall–Kier alpha value is -3.48. The van der Waals surface area contributed by atoms with Crippen molar-refractivity contribution in [2.24, 2.45) is 11.1 Å². The summed E-state index contributed by atoms with van der Waals surface area (Å²) in [6.45, 7) is 4.45. The van der Waals surface area contributed by atoms with Gasteiger partial charge in [0.05, 0.1) is 23.2 Å². The number of aliphatic hydroxyl groups excluding tert-OH is 1. The predicted octanol–water partition coefficient (Wildman–Crippen LogP) is 3.23. The second kappa shape index (κ2) is 9.78. The molecule has 0 aromatic carbocycles. The number of aliphatic hydroxyl groups is 1. The fourth-order valence-electron chi connectivity index (χ4n) is 7.14. The van der Waals surface area contributed by atoms with Crippen molar-refractivity contribution in [3.05, 3.63) is 53.2 Å². The number of carbonyl (C=O) groups excluding carboxylic acids is 1. The lowest BCUT2D eigenvalue weighted by Crippen LogP contribution is -2.45. The SMILES string of the molecule is Cc1nc(N2CCC3(CC2)Cc2ncccc2[C@H]3N)c(CO)nc1Sc1ccnc2c1OCC1CN(C3CC3)C(=O)N21. The Bertz CT molecular complexity index is 1570. The molecule has 3 aromatic heterocycles. The zero-order chi connectivity index (χ0) is 28.6. The van der Waals surface area contributed by atoms with Crippen LogP contribution in [0.4, 0.5) is 16.4 Å². The Labute approximate surface area is 248 Å². The first kappa shape index (κ1) is 26.2. The summed E-state index contributed by atoms with van der Waals surface area (Å²) < 4.78 is 6.21. The molecular weight excluding hydrogens is 552 g/mol. The van der Waals surface area contributed by atoms with Crippen molar-refractivity contribution in [1.29, 1.82) is 0 Å². The number of hydrogen-bond donors (Lipinski definition) is 2. The van der Waals surface area contributed by atoms with E-state index in [4.69, 9.17) is 20.4 Å². The summed E-state index contributed by atoms with van der Waals surface area (Å²) in [4.78, 5) is 39.0. The zero-order valence-electron chi connectivity index (χ0n) is 23.6. The first-order valence-corrected chi connectivity index (χ1v) is 15.6. The summed E-state index contributed by atoms with van der Waals surface area (Å²) in [7, 11) is 0. The van der Waals surface area contributed by atoms with Gasteiger partial charge in [-0.3, -0.25) is 9.88 Å². The molecule has 11 nitrogen and oxygen atoms in total. The molecule has 1 saturated carbocycles. The first-order chi connectivity index (χ1) is 20.5. The number of carbonyl (C=O) groups is 1. The third-order valence-electron chi connectivity index (χ3n) is 9.64. The van der Waals surface area contributed by atoms with Gasteiger partial charge < -0.3 is 25.4 Å². The molecular formula is C30H34N8O3S. The predicted molar refractivity (Wildman–Crippen MR) is 157 cm³/mol. The normalized spacial score (nSPS) is 24.1. The minimum Gasteiger partial charge on any atom is -0.486 e. The molecule has 42 heavy (non-hydrogen) atoms. The van der Waals surface area contributed by atoms with E-state index in [-0.39, 0.29) is 30.1 Å². The minimum atomic E-state index is -0.210. The highest BCUT2D eigenvalue weighted by molar-refractivity contribution is 7.99. The van der Waals surface area contributed by atoms with Crippen LogP contribution in [0.3, 0.4) is 0 Å². The molecule has 3 N–H and O–H groups in total. The number of pyridine rings is 2. The molecule has 12 heteroatoms. The van der Waals surface area contributed by atoms with E-state index in [1.54, 1.807) is 11.1 Å². The van der Waals surface area contributed by atoms with Crippen LogP contribution in [-0.2, 0) is 13.0 Å². The number of nitrogens with two attached hydrogens (primary N) is 1. The van der Waals surface area contributed by atoms with Crippen molar-refractivity contribution < 1.29 is 14.6 Å². The van der Waals surface area contributed by atoms with Gasteiger partial charge >= 0.3 is 6.03 Å². The number of amides is 2. The van der Waals surface area contributed by atoms with E-state index in [1.807, 2.05) is 30.2 Å². The van der Waals surface area contributed by atoms with Crippen molar-refractivity contribution >= 4 is 29.4 Å². The van der Waals surface area contributed by atoms with Gasteiger partial charge in [-0.15, -0.1) is 0 Å². The summed E-state index contributed by atoms with van der Waals surface area (Å²) in [5.41, 5.74) is 10.4. The van der Waals surface area contributed by atoms with Crippen LogP contribution in [0.2, 0.25) is 0 Å². The Morgan fingerprint density at radius 2 is 1.95 bits per heavy atom. The van der Waals surface area contributed by atoms with Gasteiger partial charge in [0.2, 0.25) is 0 Å². The number of urea groups is 1. The molecule has 218 valence electrons. The molecule has 3 fully saturated rings. The Morgan fingerprint density at radius 3 is 2.71 bits per heavy atom. The Balaban J connectivity index is 1.02. The minimum absolute atomic E-state index is 0.0105. The van der Waals surface area contributed by atoms with Gasteiger partial charge in [0.1, 0.15) is 17.3 Å². The topological polar surface area (TPSA) is 134 Å². The number of rotatable bonds is 5. The fraction of sp³-hybridized carbons (Fsp3) is 0.500. The molecule has 1 unspecified atom stereocenters. The molecule has 3 aromatic rings. The number of anilines is 2. The van der Waals surface area contributed by atoms with E-state index in [2.05, 4.69) is 20.9 Å². The standard InChI is InChI=1S/C30H34N8O3S/c1-17-28(42-23-6-10-33-27-24(23)41-16-19-14-37(18-4-5-18)29(40)38(19)27)35-22(15-39)26(34-17)36-11-7-30(8-12-36)13-21-20(25(30)31)3-2-9-32-21/h2-3,6,9-10,18-19,25,39H,4-5,7-8,11-16,31H2,1H3/t19?,25-/m1/s1. The van der Waals surface area contributed by atoms with Crippen LogP contribution < -0.4 is 20.3 Å². The van der Waals surface area contributed by atoms with E-state index in [1.165, 1.54) is 17.3 Å². The van der Waals surface area contributed by atoms with Gasteiger partial charge in [-0.05, 0) is 62.1 Å². The third kappa shape index (κ3) is 4.06. The molecule has 6 heterocycles. The van der Waals surface area contributed by atoms with Crippen LogP contribution >= 0.6 is 11.8 Å². The number of aryl methyl sites for hydroxylation is 1. The largest absolute Gasteiger partial charge is 0.486 e. The number of ether oxygens (including phenoxy) is 1. The summed E-state index contributed by atoms with van der Waals surface area (Å²) >= 11 is 1.43. The van der Waals surface area contributed by atoms with Crippen molar-refractivity contribution in [2.45, 2.75) is 73.7 Å². The Morgan fingerprint density at radius 1 is 1.12 bits per heavy atom. The maximum Gasteiger partial charge on any atom is 0.326 e. The lowest BCUT2D eigenvalue weighted by molar-refractivity contribution is 0.186. The smallest absolute Gasteiger partial charge is 0.326 e. The van der Waals surface area contributed by atoms with Gasteiger partial charge in [-0.25, -0.2) is 19.7 Å². The van der Waals surface area contributed by atoms with Gasteiger partial charge in [-0.1, -0.05) is 17.8 Å². The molecule has 5 aliphatic rings. The summed E-state index contributed by atoms with van der Waals surface area (Å²) in [6.07, 6.45) is 8.48. The van der Waals surface area contributed by atoms with E-state index in [9.17, 15) is 9.90 Å². The van der Waals surface area contributed by atoms with Crippen LogP contribution in [0.5, 0.6) is 5.75 Å². The number of aromatic nitrogens is 4. The highest BCUT2D eigenvalue weighted by Crippen LogP contribution is 2.51. The third-order valence-corrected chi connectivity index (χ3v) is 10.8. The summed E-state index contributed by atoms with van der Waals surface area (Å²) in [5, 5.41) is 11.0. The Kier molecular flexibility index (Phi) is 6.10. The molecule has 2 saturated heterocycles. The summed E-state index contributed by atoms with van der Waals surface area (Å²) in [6, 6.07) is 6.31. The molecule has 0 bridgehead atoms. The number of fused-ring (bicyclic) bond motifs is 4. The number of hydrogen-bond acceptors (Lipinski definition) is 10. The lowest BCUT2D eigenvalue weighted by atomic mass is 9.73. The van der Waals surface area contributed by atoms with E-state index >= 15 is 0 Å². The van der Waals surface area contributed by atoms with Gasteiger partial charge in [0.15, 0.2) is 17.4 Å². The van der Waals surface area contributed by atoms with Gasteiger partial charge in [0.25, 0.3) is 0 Å². The first-order valence-electron chi connectivity index (χ1n) is 14.8. The van der Waals surface area contributed by atoms with E-state index in [0.717, 1.165) is 67.3 Å². The number of nitrogens with zero attached hydrogens (tertiary/aromatic N) is 7. The fourth-order valence-corrected chi connectivity index (χ4v) is 8.07. The lowest BCUT2D eigenvalue weighted by Gasteiger charge is -2.42. The van der Waals surface area contributed by atoms with Crippen molar-refractivity contribution in [3.63, 3.8) is 0 Å². The molecule has 2 atom stereocenters. The highest BCUT2D eigenvalue weighted by atomic mass is 32.2. The maximum absolute atomic E-state index is 13.2. The average Bonchev–Trinajstić information content (AvgIpc) is 3.75. The molecule has 8 rings (SSSR count). The molecule has 2 aliphatic carbocycles. The van der Waals surface area contributed by atoms with Crippen molar-refractivity contribution in [2.75, 3.05) is 36.0 Å². The summed E-state index contributed by atoms with van der Waals surface area (Å²) in [5.74, 6) is 1.90. The second-order valence-electron chi connectivity index (χ2n) is 12.2. The van der Waals surface area contributed by atoms with Gasteiger partial charge in [0, 0.05) is 49.8 Å². The van der Waals surface area contributed by atoms with E-state index < -0.39 is 0 Å². The van der Waals surface area contributed by atoms with Crippen LogP contribution in [0.1, 0.15) is 54.4 Å². The quantitative estimate of drug-likeness (QED) is 0.459. The second-order valence-corrected chi connectivity index (χ2v) is 13.2. The zero-order valence-corrected chi connectivity index (χ0v) is 24.4. The average molecular weight is 587 g/mol. The van der Waals surface area contributed by atoms with Crippen molar-refractivity contribution in [3.8, 4) is 5.75 Å². The van der Waals surface area contributed by atoms with Crippen LogP contribution in [-0.4, -0.2) is 74.3 Å². The van der Waals surface area contributed by atoms with Crippen LogP contribution in [0.25, 0.3) is 0 Å².